The number of carbonyl (C=O) groups is 1. The first kappa shape index (κ1) is 15.3. The molecule has 1 aliphatic heterocycles. The van der Waals surface area contributed by atoms with Gasteiger partial charge in [0.15, 0.2) is 5.13 Å². The maximum Gasteiger partial charge on any atom is 0.226 e. The highest BCUT2D eigenvalue weighted by molar-refractivity contribution is 7.13. The Labute approximate surface area is 124 Å². The van der Waals surface area contributed by atoms with Gasteiger partial charge in [0.25, 0.3) is 0 Å². The normalized spacial score (nSPS) is 17.2. The van der Waals surface area contributed by atoms with Crippen LogP contribution in [0, 0.1) is 5.92 Å². The van der Waals surface area contributed by atoms with Crippen LogP contribution in [0.4, 0.5) is 5.13 Å². The average molecular weight is 296 g/mol. The Bertz CT molecular complexity index is 427. The summed E-state index contributed by atoms with van der Waals surface area (Å²) in [5.74, 6) is 0.902. The summed E-state index contributed by atoms with van der Waals surface area (Å²) in [4.78, 5) is 18.3. The van der Waals surface area contributed by atoms with Gasteiger partial charge in [-0.15, -0.1) is 11.3 Å². The van der Waals surface area contributed by atoms with E-state index in [4.69, 9.17) is 5.73 Å². The highest BCUT2D eigenvalue weighted by Gasteiger charge is 2.14. The number of thiazole rings is 1. The summed E-state index contributed by atoms with van der Waals surface area (Å²) < 4.78 is 0. The minimum absolute atomic E-state index is 0.0302. The van der Waals surface area contributed by atoms with Crippen molar-refractivity contribution in [1.29, 1.82) is 0 Å². The first-order chi connectivity index (χ1) is 9.63. The van der Waals surface area contributed by atoms with Gasteiger partial charge < -0.3 is 16.0 Å². The molecule has 0 bridgehead atoms. The topological polar surface area (TPSA) is 71.2 Å². The van der Waals surface area contributed by atoms with E-state index in [1.165, 1.54) is 37.3 Å². The Morgan fingerprint density at radius 2 is 2.30 bits per heavy atom. The summed E-state index contributed by atoms with van der Waals surface area (Å²) in [7, 11) is 0. The van der Waals surface area contributed by atoms with E-state index in [0.29, 0.717) is 11.6 Å². The van der Waals surface area contributed by atoms with Crippen molar-refractivity contribution in [2.45, 2.75) is 32.6 Å². The lowest BCUT2D eigenvalue weighted by Crippen LogP contribution is -2.35. The van der Waals surface area contributed by atoms with Crippen LogP contribution in [0.3, 0.4) is 0 Å². The Balaban J connectivity index is 1.55. The number of amides is 1. The number of hydrogen-bond donors (Lipinski definition) is 2. The molecule has 0 atom stereocenters. The molecule has 0 unspecified atom stereocenters. The number of likely N-dealkylation sites (tertiary alicyclic amines) is 1. The SMILES string of the molecule is CC1CCN(CCCNC(=O)Cc2csc(N)n2)CC1. The maximum absolute atomic E-state index is 11.7. The number of nitrogens with one attached hydrogen (secondary N) is 1. The molecule has 0 saturated carbocycles. The first-order valence-electron chi connectivity index (χ1n) is 7.32. The van der Waals surface area contributed by atoms with E-state index in [1.807, 2.05) is 5.38 Å². The summed E-state index contributed by atoms with van der Waals surface area (Å²) in [6, 6.07) is 0. The van der Waals surface area contributed by atoms with Crippen molar-refractivity contribution >= 4 is 22.4 Å². The molecule has 2 heterocycles. The van der Waals surface area contributed by atoms with E-state index >= 15 is 0 Å². The van der Waals surface area contributed by atoms with E-state index in [9.17, 15) is 4.79 Å². The molecule has 1 aromatic rings. The largest absolute Gasteiger partial charge is 0.375 e. The second kappa shape index (κ2) is 7.59. The van der Waals surface area contributed by atoms with E-state index < -0.39 is 0 Å². The molecular weight excluding hydrogens is 272 g/mol. The van der Waals surface area contributed by atoms with Gasteiger partial charge in [0.2, 0.25) is 5.91 Å². The molecule has 1 fully saturated rings. The van der Waals surface area contributed by atoms with Crippen molar-refractivity contribution in [2.75, 3.05) is 31.9 Å². The van der Waals surface area contributed by atoms with Crippen molar-refractivity contribution in [2.24, 2.45) is 5.92 Å². The summed E-state index contributed by atoms with van der Waals surface area (Å²) in [6.45, 7) is 6.55. The van der Waals surface area contributed by atoms with Gasteiger partial charge in [-0.25, -0.2) is 4.98 Å². The molecule has 1 aromatic heterocycles. The van der Waals surface area contributed by atoms with Gasteiger partial charge in [-0.1, -0.05) is 6.92 Å². The van der Waals surface area contributed by atoms with Crippen LogP contribution in [0.15, 0.2) is 5.38 Å². The number of aromatic nitrogens is 1. The third kappa shape index (κ3) is 5.09. The van der Waals surface area contributed by atoms with Gasteiger partial charge in [0, 0.05) is 11.9 Å². The molecule has 6 heteroatoms. The van der Waals surface area contributed by atoms with Crippen molar-refractivity contribution in [3.8, 4) is 0 Å². The number of nitrogens with two attached hydrogens (primary N) is 1. The predicted molar refractivity (Wildman–Crippen MR) is 82.7 cm³/mol. The molecule has 0 radical (unpaired) electrons. The Morgan fingerprint density at radius 1 is 1.55 bits per heavy atom. The van der Waals surface area contributed by atoms with Crippen LogP contribution in [0.5, 0.6) is 0 Å². The zero-order chi connectivity index (χ0) is 14.4. The molecular formula is C14H24N4OS. The zero-order valence-corrected chi connectivity index (χ0v) is 12.9. The maximum atomic E-state index is 11.7. The van der Waals surface area contributed by atoms with Gasteiger partial charge in [-0.2, -0.15) is 0 Å². The number of piperidine rings is 1. The number of anilines is 1. The number of nitrogen functional groups attached to an aromatic ring is 1. The summed E-state index contributed by atoms with van der Waals surface area (Å²) >= 11 is 1.37. The quantitative estimate of drug-likeness (QED) is 0.781. The van der Waals surface area contributed by atoms with Crippen molar-refractivity contribution < 1.29 is 4.79 Å². The van der Waals surface area contributed by atoms with Crippen molar-refractivity contribution in [1.82, 2.24) is 15.2 Å². The molecule has 0 aromatic carbocycles. The highest BCUT2D eigenvalue weighted by atomic mass is 32.1. The monoisotopic (exact) mass is 296 g/mol. The van der Waals surface area contributed by atoms with E-state index in [1.54, 1.807) is 0 Å². The minimum atomic E-state index is 0.0302. The van der Waals surface area contributed by atoms with Crippen LogP contribution in [-0.2, 0) is 11.2 Å². The van der Waals surface area contributed by atoms with Crippen LogP contribution in [0.25, 0.3) is 0 Å². The van der Waals surface area contributed by atoms with Crippen molar-refractivity contribution in [3.63, 3.8) is 0 Å². The lowest BCUT2D eigenvalue weighted by Gasteiger charge is -2.30. The van der Waals surface area contributed by atoms with Gasteiger partial charge in [-0.05, 0) is 44.8 Å². The van der Waals surface area contributed by atoms with Gasteiger partial charge in [0.1, 0.15) is 0 Å². The molecule has 0 spiro atoms. The minimum Gasteiger partial charge on any atom is -0.375 e. The van der Waals surface area contributed by atoms with Gasteiger partial charge >= 0.3 is 0 Å². The van der Waals surface area contributed by atoms with Crippen LogP contribution in [0.1, 0.15) is 31.9 Å². The van der Waals surface area contributed by atoms with E-state index in [2.05, 4.69) is 22.1 Å². The molecule has 112 valence electrons. The number of carbonyl (C=O) groups excluding carboxylic acids is 1. The molecule has 3 N–H and O–H groups in total. The fourth-order valence-corrected chi connectivity index (χ4v) is 3.01. The Morgan fingerprint density at radius 3 is 2.95 bits per heavy atom. The third-order valence-electron chi connectivity index (χ3n) is 3.76. The van der Waals surface area contributed by atoms with Crippen LogP contribution < -0.4 is 11.1 Å². The van der Waals surface area contributed by atoms with Gasteiger partial charge in [0.05, 0.1) is 12.1 Å². The summed E-state index contributed by atoms with van der Waals surface area (Å²) in [5.41, 5.74) is 6.30. The fraction of sp³-hybridized carbons (Fsp3) is 0.714. The summed E-state index contributed by atoms with van der Waals surface area (Å²) in [6.07, 6.45) is 3.95. The summed E-state index contributed by atoms with van der Waals surface area (Å²) in [5, 5.41) is 5.30. The molecule has 1 aliphatic rings. The van der Waals surface area contributed by atoms with E-state index in [0.717, 1.165) is 31.1 Å². The standard InChI is InChI=1S/C14H24N4OS/c1-11-3-7-18(8-4-11)6-2-5-16-13(19)9-12-10-20-14(15)17-12/h10-11H,2-9H2,1H3,(H2,15,17)(H,16,19). The average Bonchev–Trinajstić information content (AvgIpc) is 2.82. The first-order valence-corrected chi connectivity index (χ1v) is 8.20. The number of rotatable bonds is 6. The smallest absolute Gasteiger partial charge is 0.226 e. The Kier molecular flexibility index (Phi) is 5.79. The van der Waals surface area contributed by atoms with Crippen molar-refractivity contribution in [3.05, 3.63) is 11.1 Å². The predicted octanol–water partition coefficient (Wildman–Crippen LogP) is 1.51. The zero-order valence-electron chi connectivity index (χ0n) is 12.1. The second-order valence-corrected chi connectivity index (χ2v) is 6.47. The van der Waals surface area contributed by atoms with Crippen LogP contribution in [0.2, 0.25) is 0 Å². The fourth-order valence-electron chi connectivity index (χ4n) is 2.45. The Hall–Kier alpha value is -1.14. The molecule has 20 heavy (non-hydrogen) atoms. The number of hydrogen-bond acceptors (Lipinski definition) is 5. The lowest BCUT2D eigenvalue weighted by atomic mass is 9.99. The molecule has 0 aliphatic carbocycles. The highest BCUT2D eigenvalue weighted by Crippen LogP contribution is 2.15. The second-order valence-electron chi connectivity index (χ2n) is 5.58. The van der Waals surface area contributed by atoms with Crippen LogP contribution in [-0.4, -0.2) is 42.0 Å². The lowest BCUT2D eigenvalue weighted by molar-refractivity contribution is -0.120. The molecule has 5 nitrogen and oxygen atoms in total. The molecule has 2 rings (SSSR count). The third-order valence-corrected chi connectivity index (χ3v) is 4.48. The molecule has 1 saturated heterocycles. The van der Waals surface area contributed by atoms with Crippen LogP contribution >= 0.6 is 11.3 Å². The van der Waals surface area contributed by atoms with Gasteiger partial charge in [-0.3, -0.25) is 4.79 Å². The van der Waals surface area contributed by atoms with E-state index in [-0.39, 0.29) is 5.91 Å². The molecule has 1 amide bonds. The number of nitrogens with zero attached hydrogens (tertiary/aromatic N) is 2.